The third-order valence-electron chi connectivity index (χ3n) is 4.17. The summed E-state index contributed by atoms with van der Waals surface area (Å²) in [5.74, 6) is -0.928. The molecule has 0 saturated heterocycles. The normalized spacial score (nSPS) is 10.8. The molecule has 0 saturated carbocycles. The molecule has 1 N–H and O–H groups in total. The number of benzene rings is 2. The summed E-state index contributed by atoms with van der Waals surface area (Å²) in [4.78, 5) is 25.0. The molecule has 3 rings (SSSR count). The van der Waals surface area contributed by atoms with Crippen molar-refractivity contribution >= 4 is 16.8 Å². The lowest BCUT2D eigenvalue weighted by Gasteiger charge is -2.12. The summed E-state index contributed by atoms with van der Waals surface area (Å²) in [7, 11) is 0. The first-order chi connectivity index (χ1) is 12.1. The van der Waals surface area contributed by atoms with Gasteiger partial charge in [-0.05, 0) is 37.1 Å². The minimum Gasteiger partial charge on any atom is -0.352 e. The Morgan fingerprint density at radius 1 is 1.16 bits per heavy atom. The Hall–Kier alpha value is -2.95. The molecule has 25 heavy (non-hydrogen) atoms. The van der Waals surface area contributed by atoms with Crippen LogP contribution >= 0.6 is 0 Å². The fourth-order valence-corrected chi connectivity index (χ4v) is 2.85. The van der Waals surface area contributed by atoms with Crippen LogP contribution in [0.2, 0.25) is 0 Å². The van der Waals surface area contributed by atoms with Crippen LogP contribution < -0.4 is 10.7 Å². The second-order valence-corrected chi connectivity index (χ2v) is 5.81. The van der Waals surface area contributed by atoms with Crippen LogP contribution in [0.15, 0.2) is 59.5 Å². The topological polar surface area (TPSA) is 51.1 Å². The number of carbonyl (C=O) groups is 1. The van der Waals surface area contributed by atoms with Crippen molar-refractivity contribution in [2.75, 3.05) is 6.54 Å². The maximum absolute atomic E-state index is 13.5. The van der Waals surface area contributed by atoms with E-state index >= 15 is 0 Å². The maximum Gasteiger partial charge on any atom is 0.256 e. The second-order valence-electron chi connectivity index (χ2n) is 5.81. The average molecular weight is 338 g/mol. The molecule has 0 aliphatic heterocycles. The van der Waals surface area contributed by atoms with Crippen LogP contribution in [-0.2, 0) is 13.0 Å². The van der Waals surface area contributed by atoms with E-state index in [0.29, 0.717) is 25.0 Å². The molecule has 0 spiro atoms. The summed E-state index contributed by atoms with van der Waals surface area (Å²) in [5, 5.41) is 2.99. The first-order valence-corrected chi connectivity index (χ1v) is 8.25. The molecular formula is C20H19FN2O2. The standard InChI is InChI=1S/C20H19FN2O2/c1-2-23-13-17(19(24)16-12-15(21)8-9-18(16)23)20(25)22-11-10-14-6-4-3-5-7-14/h3-9,12-13H,2,10-11H2,1H3,(H,22,25). The number of nitrogens with one attached hydrogen (secondary N) is 1. The molecule has 2 aromatic carbocycles. The number of aromatic nitrogens is 1. The Morgan fingerprint density at radius 3 is 2.64 bits per heavy atom. The predicted molar refractivity (Wildman–Crippen MR) is 96.3 cm³/mol. The minimum atomic E-state index is -0.492. The van der Waals surface area contributed by atoms with Crippen LogP contribution in [0.1, 0.15) is 22.8 Å². The van der Waals surface area contributed by atoms with Crippen LogP contribution in [0.5, 0.6) is 0 Å². The first kappa shape index (κ1) is 16.9. The van der Waals surface area contributed by atoms with Gasteiger partial charge in [-0.3, -0.25) is 9.59 Å². The lowest BCUT2D eigenvalue weighted by molar-refractivity contribution is 0.0952. The number of carbonyl (C=O) groups excluding carboxylic acids is 1. The quantitative estimate of drug-likeness (QED) is 0.777. The van der Waals surface area contributed by atoms with Crippen molar-refractivity contribution in [1.29, 1.82) is 0 Å². The Labute approximate surface area is 144 Å². The van der Waals surface area contributed by atoms with E-state index in [1.54, 1.807) is 16.8 Å². The smallest absolute Gasteiger partial charge is 0.256 e. The highest BCUT2D eigenvalue weighted by molar-refractivity contribution is 5.97. The molecular weight excluding hydrogens is 319 g/mol. The molecule has 1 amide bonds. The Bertz CT molecular complexity index is 965. The van der Waals surface area contributed by atoms with Crippen molar-refractivity contribution in [3.63, 3.8) is 0 Å². The number of nitrogens with zero attached hydrogens (tertiary/aromatic N) is 1. The largest absolute Gasteiger partial charge is 0.352 e. The van der Waals surface area contributed by atoms with Crippen molar-refractivity contribution in [3.8, 4) is 0 Å². The van der Waals surface area contributed by atoms with Gasteiger partial charge in [0.15, 0.2) is 0 Å². The van der Waals surface area contributed by atoms with E-state index in [1.165, 1.54) is 12.1 Å². The van der Waals surface area contributed by atoms with Gasteiger partial charge in [0, 0.05) is 24.7 Å². The van der Waals surface area contributed by atoms with Crippen LogP contribution in [-0.4, -0.2) is 17.0 Å². The van der Waals surface area contributed by atoms with E-state index in [-0.39, 0.29) is 10.9 Å². The number of halogens is 1. The van der Waals surface area contributed by atoms with Gasteiger partial charge in [0.05, 0.1) is 5.52 Å². The molecule has 4 nitrogen and oxygen atoms in total. The number of hydrogen-bond acceptors (Lipinski definition) is 2. The van der Waals surface area contributed by atoms with Gasteiger partial charge in [-0.2, -0.15) is 0 Å². The van der Waals surface area contributed by atoms with E-state index < -0.39 is 17.2 Å². The fourth-order valence-electron chi connectivity index (χ4n) is 2.85. The Balaban J connectivity index is 1.86. The van der Waals surface area contributed by atoms with Crippen molar-refractivity contribution in [3.05, 3.63) is 81.9 Å². The van der Waals surface area contributed by atoms with Crippen LogP contribution in [0.3, 0.4) is 0 Å². The van der Waals surface area contributed by atoms with Gasteiger partial charge in [-0.1, -0.05) is 30.3 Å². The first-order valence-electron chi connectivity index (χ1n) is 8.25. The lowest BCUT2D eigenvalue weighted by atomic mass is 10.1. The number of aryl methyl sites for hydroxylation is 1. The third kappa shape index (κ3) is 3.60. The molecule has 0 aliphatic rings. The van der Waals surface area contributed by atoms with Gasteiger partial charge in [0.2, 0.25) is 5.43 Å². The SMILES string of the molecule is CCn1cc(C(=O)NCCc2ccccc2)c(=O)c2cc(F)ccc21. The lowest BCUT2D eigenvalue weighted by Crippen LogP contribution is -2.31. The third-order valence-corrected chi connectivity index (χ3v) is 4.17. The van der Waals surface area contributed by atoms with Crippen molar-refractivity contribution in [1.82, 2.24) is 9.88 Å². The van der Waals surface area contributed by atoms with Crippen molar-refractivity contribution < 1.29 is 9.18 Å². The summed E-state index contributed by atoms with van der Waals surface area (Å²) in [6.45, 7) is 2.91. The molecule has 0 radical (unpaired) electrons. The fraction of sp³-hybridized carbons (Fsp3) is 0.200. The molecule has 0 aliphatic carbocycles. The molecule has 0 atom stereocenters. The highest BCUT2D eigenvalue weighted by atomic mass is 19.1. The molecule has 3 aromatic rings. The van der Waals surface area contributed by atoms with Gasteiger partial charge < -0.3 is 9.88 Å². The molecule has 1 aromatic heterocycles. The Kier molecular flexibility index (Phi) is 4.93. The van der Waals surface area contributed by atoms with Crippen molar-refractivity contribution in [2.24, 2.45) is 0 Å². The second kappa shape index (κ2) is 7.30. The average Bonchev–Trinajstić information content (AvgIpc) is 2.63. The predicted octanol–water partition coefficient (Wildman–Crippen LogP) is 3.13. The molecule has 0 fully saturated rings. The van der Waals surface area contributed by atoms with Gasteiger partial charge in [0.25, 0.3) is 5.91 Å². The minimum absolute atomic E-state index is 0.0352. The molecule has 1 heterocycles. The van der Waals surface area contributed by atoms with Crippen LogP contribution in [0.25, 0.3) is 10.9 Å². The summed E-state index contributed by atoms with van der Waals surface area (Å²) in [6.07, 6.45) is 2.22. The zero-order valence-electron chi connectivity index (χ0n) is 14.0. The molecule has 128 valence electrons. The number of hydrogen-bond donors (Lipinski definition) is 1. The van der Waals surface area contributed by atoms with Gasteiger partial charge in [-0.25, -0.2) is 4.39 Å². The highest BCUT2D eigenvalue weighted by Crippen LogP contribution is 2.14. The van der Waals surface area contributed by atoms with E-state index in [2.05, 4.69) is 5.32 Å². The van der Waals surface area contributed by atoms with Gasteiger partial charge >= 0.3 is 0 Å². The summed E-state index contributed by atoms with van der Waals surface area (Å²) >= 11 is 0. The van der Waals surface area contributed by atoms with E-state index in [0.717, 1.165) is 5.56 Å². The zero-order valence-corrected chi connectivity index (χ0v) is 14.0. The summed E-state index contributed by atoms with van der Waals surface area (Å²) in [6, 6.07) is 13.8. The monoisotopic (exact) mass is 338 g/mol. The summed E-state index contributed by atoms with van der Waals surface area (Å²) < 4.78 is 15.3. The van der Waals surface area contributed by atoms with Crippen molar-refractivity contribution in [2.45, 2.75) is 19.9 Å². The van der Waals surface area contributed by atoms with Crippen LogP contribution in [0.4, 0.5) is 4.39 Å². The number of pyridine rings is 1. The highest BCUT2D eigenvalue weighted by Gasteiger charge is 2.15. The van der Waals surface area contributed by atoms with Gasteiger partial charge in [0.1, 0.15) is 11.4 Å². The van der Waals surface area contributed by atoms with Gasteiger partial charge in [-0.15, -0.1) is 0 Å². The molecule has 5 heteroatoms. The van der Waals surface area contributed by atoms with Crippen LogP contribution in [0, 0.1) is 5.82 Å². The zero-order chi connectivity index (χ0) is 17.8. The van der Waals surface area contributed by atoms with E-state index in [9.17, 15) is 14.0 Å². The Morgan fingerprint density at radius 2 is 1.92 bits per heavy atom. The number of fused-ring (bicyclic) bond motifs is 1. The number of amides is 1. The van der Waals surface area contributed by atoms with E-state index in [1.807, 2.05) is 37.3 Å². The molecule has 0 bridgehead atoms. The number of rotatable bonds is 5. The van der Waals surface area contributed by atoms with E-state index in [4.69, 9.17) is 0 Å². The maximum atomic E-state index is 13.5. The molecule has 0 unspecified atom stereocenters. The summed E-state index contributed by atoms with van der Waals surface area (Å²) in [5.41, 5.74) is 1.31.